The lowest BCUT2D eigenvalue weighted by atomic mass is 10.1. The van der Waals surface area contributed by atoms with Crippen LogP contribution in [0.4, 0.5) is 0 Å². The van der Waals surface area contributed by atoms with Gasteiger partial charge in [0.05, 0.1) is 41.4 Å². The topological polar surface area (TPSA) is 92.8 Å². The van der Waals surface area contributed by atoms with Gasteiger partial charge in [0.2, 0.25) is 6.79 Å². The Morgan fingerprint density at radius 1 is 1.24 bits per heavy atom. The zero-order valence-corrected chi connectivity index (χ0v) is 18.9. The van der Waals surface area contributed by atoms with E-state index in [1.165, 1.54) is 18.9 Å². The molecule has 0 fully saturated rings. The number of esters is 1. The fourth-order valence-electron chi connectivity index (χ4n) is 3.51. The summed E-state index contributed by atoms with van der Waals surface area (Å²) in [6.45, 7) is 0.348. The Morgan fingerprint density at radius 3 is 2.91 bits per heavy atom. The number of carbonyl (C=O) groups excluding carboxylic acids is 1. The lowest BCUT2D eigenvalue weighted by Crippen LogP contribution is -2.24. The Labute approximate surface area is 197 Å². The summed E-state index contributed by atoms with van der Waals surface area (Å²) in [6, 6.07) is 11.9. The van der Waals surface area contributed by atoms with Crippen molar-refractivity contribution < 1.29 is 23.4 Å². The van der Waals surface area contributed by atoms with Gasteiger partial charge in [-0.2, -0.15) is 0 Å². The van der Waals surface area contributed by atoms with Gasteiger partial charge in [-0.1, -0.05) is 23.4 Å². The minimum atomic E-state index is -0.498. The average Bonchev–Trinajstić information content (AvgIpc) is 3.51. The fourth-order valence-corrected chi connectivity index (χ4v) is 4.72. The molecule has 0 radical (unpaired) electrons. The molecular formula is C23H17ClN2O6S. The number of carbonyl (C=O) groups is 1. The van der Waals surface area contributed by atoms with E-state index in [-0.39, 0.29) is 18.9 Å². The monoisotopic (exact) mass is 484 g/mol. The molecule has 0 saturated carbocycles. The van der Waals surface area contributed by atoms with Crippen LogP contribution in [0.3, 0.4) is 0 Å². The van der Waals surface area contributed by atoms with Gasteiger partial charge in [0, 0.05) is 5.75 Å². The summed E-state index contributed by atoms with van der Waals surface area (Å²) in [4.78, 5) is 30.0. The molecule has 168 valence electrons. The summed E-state index contributed by atoms with van der Waals surface area (Å²) in [5.41, 5.74) is 1.37. The first-order valence-corrected chi connectivity index (χ1v) is 11.3. The third-order valence-electron chi connectivity index (χ3n) is 5.09. The number of methoxy groups -OCH3 is 1. The highest BCUT2D eigenvalue weighted by Crippen LogP contribution is 2.40. The average molecular weight is 485 g/mol. The molecule has 2 aromatic carbocycles. The zero-order valence-electron chi connectivity index (χ0n) is 17.4. The van der Waals surface area contributed by atoms with Crippen LogP contribution in [-0.4, -0.2) is 29.4 Å². The molecular weight excluding hydrogens is 468 g/mol. The minimum absolute atomic E-state index is 0.128. The summed E-state index contributed by atoms with van der Waals surface area (Å²) in [5, 5.41) is 1.33. The Hall–Kier alpha value is -3.43. The second-order valence-electron chi connectivity index (χ2n) is 7.19. The third-order valence-corrected chi connectivity index (χ3v) is 6.42. The first-order chi connectivity index (χ1) is 16.0. The first-order valence-electron chi connectivity index (χ1n) is 9.89. The quantitative estimate of drug-likeness (QED) is 0.224. The molecule has 3 heterocycles. The molecule has 5 rings (SSSR count). The molecule has 0 unspecified atom stereocenters. The largest absolute Gasteiger partial charge is 0.467 e. The van der Waals surface area contributed by atoms with Crippen LogP contribution in [0.15, 0.2) is 63.1 Å². The van der Waals surface area contributed by atoms with Gasteiger partial charge in [-0.3, -0.25) is 9.36 Å². The summed E-state index contributed by atoms with van der Waals surface area (Å²) < 4.78 is 22.6. The van der Waals surface area contributed by atoms with Crippen molar-refractivity contribution in [2.24, 2.45) is 0 Å². The third kappa shape index (κ3) is 4.17. The Kier molecular flexibility index (Phi) is 5.74. The molecule has 0 aliphatic carbocycles. The van der Waals surface area contributed by atoms with Crippen LogP contribution < -0.4 is 15.0 Å². The Morgan fingerprint density at radius 2 is 2.12 bits per heavy atom. The molecule has 33 heavy (non-hydrogen) atoms. The van der Waals surface area contributed by atoms with E-state index < -0.39 is 5.97 Å². The van der Waals surface area contributed by atoms with E-state index in [0.29, 0.717) is 49.7 Å². The van der Waals surface area contributed by atoms with Gasteiger partial charge >= 0.3 is 5.97 Å². The molecule has 1 aliphatic heterocycles. The van der Waals surface area contributed by atoms with Gasteiger partial charge in [-0.15, -0.1) is 0 Å². The predicted molar refractivity (Wildman–Crippen MR) is 122 cm³/mol. The maximum atomic E-state index is 13.3. The smallest absolute Gasteiger partial charge is 0.337 e. The van der Waals surface area contributed by atoms with Gasteiger partial charge in [-0.05, 0) is 48.0 Å². The molecule has 0 bridgehead atoms. The van der Waals surface area contributed by atoms with Gasteiger partial charge in [-0.25, -0.2) is 9.78 Å². The van der Waals surface area contributed by atoms with E-state index in [1.54, 1.807) is 47.2 Å². The molecule has 1 aliphatic rings. The van der Waals surface area contributed by atoms with Gasteiger partial charge in [0.1, 0.15) is 5.76 Å². The lowest BCUT2D eigenvalue weighted by molar-refractivity contribution is 0.0601. The molecule has 0 N–H and O–H groups in total. The van der Waals surface area contributed by atoms with Crippen molar-refractivity contribution in [1.82, 2.24) is 9.55 Å². The number of ether oxygens (including phenoxy) is 3. The van der Waals surface area contributed by atoms with Crippen molar-refractivity contribution in [3.63, 3.8) is 0 Å². The van der Waals surface area contributed by atoms with Crippen LogP contribution in [0.25, 0.3) is 10.9 Å². The van der Waals surface area contributed by atoms with Crippen molar-refractivity contribution in [3.05, 3.63) is 81.0 Å². The van der Waals surface area contributed by atoms with Crippen molar-refractivity contribution in [2.75, 3.05) is 13.9 Å². The SMILES string of the molecule is COC(=O)c1ccc2c(=O)n(Cc3ccco3)c(SCc3cc(Cl)c4c(c3)OCO4)nc2c1. The van der Waals surface area contributed by atoms with Crippen LogP contribution in [-0.2, 0) is 17.0 Å². The molecule has 0 amide bonds. The number of furan rings is 1. The molecule has 2 aromatic heterocycles. The number of benzene rings is 2. The highest BCUT2D eigenvalue weighted by atomic mass is 35.5. The van der Waals surface area contributed by atoms with Gasteiger partial charge in [0.15, 0.2) is 16.7 Å². The number of nitrogens with zero attached hydrogens (tertiary/aromatic N) is 2. The lowest BCUT2D eigenvalue weighted by Gasteiger charge is -2.13. The Bertz CT molecular complexity index is 1420. The summed E-state index contributed by atoms with van der Waals surface area (Å²) in [5.74, 6) is 1.71. The molecule has 0 saturated heterocycles. The van der Waals surface area contributed by atoms with Crippen LogP contribution in [0.5, 0.6) is 11.5 Å². The number of hydrogen-bond donors (Lipinski definition) is 0. The molecule has 0 atom stereocenters. The molecule has 8 nitrogen and oxygen atoms in total. The number of halogens is 1. The number of aromatic nitrogens is 2. The number of hydrogen-bond acceptors (Lipinski definition) is 8. The van der Waals surface area contributed by atoms with E-state index in [0.717, 1.165) is 5.56 Å². The normalized spacial score (nSPS) is 12.3. The maximum absolute atomic E-state index is 13.3. The molecule has 10 heteroatoms. The predicted octanol–water partition coefficient (Wildman–Crippen LogP) is 4.50. The van der Waals surface area contributed by atoms with Gasteiger partial charge < -0.3 is 18.6 Å². The van der Waals surface area contributed by atoms with Crippen molar-refractivity contribution in [3.8, 4) is 11.5 Å². The summed E-state index contributed by atoms with van der Waals surface area (Å²) in [7, 11) is 1.30. The van der Waals surface area contributed by atoms with E-state index in [9.17, 15) is 9.59 Å². The second kappa shape index (κ2) is 8.84. The summed E-state index contributed by atoms with van der Waals surface area (Å²) in [6.07, 6.45) is 1.55. The molecule has 0 spiro atoms. The van der Waals surface area contributed by atoms with Gasteiger partial charge in [0.25, 0.3) is 5.56 Å². The minimum Gasteiger partial charge on any atom is -0.467 e. The van der Waals surface area contributed by atoms with E-state index in [1.807, 2.05) is 6.07 Å². The van der Waals surface area contributed by atoms with Crippen molar-refractivity contribution in [2.45, 2.75) is 17.5 Å². The summed E-state index contributed by atoms with van der Waals surface area (Å²) >= 11 is 7.67. The van der Waals surface area contributed by atoms with E-state index in [4.69, 9.17) is 35.2 Å². The standard InChI is InChI=1S/C23H17ClN2O6S/c1-29-22(28)14-4-5-16-18(9-14)25-23(26(21(16)27)10-15-3-2-6-30-15)33-11-13-7-17(24)20-19(8-13)31-12-32-20/h2-9H,10-12H2,1H3. The van der Waals surface area contributed by atoms with Crippen LogP contribution in [0.1, 0.15) is 21.7 Å². The van der Waals surface area contributed by atoms with Crippen LogP contribution in [0.2, 0.25) is 5.02 Å². The maximum Gasteiger partial charge on any atom is 0.337 e. The fraction of sp³-hybridized carbons (Fsp3) is 0.174. The highest BCUT2D eigenvalue weighted by molar-refractivity contribution is 7.98. The number of rotatable bonds is 6. The second-order valence-corrected chi connectivity index (χ2v) is 8.54. The first kappa shape index (κ1) is 21.4. The number of thioether (sulfide) groups is 1. The van der Waals surface area contributed by atoms with Crippen molar-refractivity contribution >= 4 is 40.2 Å². The van der Waals surface area contributed by atoms with E-state index >= 15 is 0 Å². The number of fused-ring (bicyclic) bond motifs is 2. The molecule has 4 aromatic rings. The van der Waals surface area contributed by atoms with Crippen molar-refractivity contribution in [1.29, 1.82) is 0 Å². The Balaban J connectivity index is 1.55. The highest BCUT2D eigenvalue weighted by Gasteiger charge is 2.20. The van der Waals surface area contributed by atoms with E-state index in [2.05, 4.69) is 0 Å². The van der Waals surface area contributed by atoms with Crippen LogP contribution in [0, 0.1) is 0 Å². The van der Waals surface area contributed by atoms with Crippen LogP contribution >= 0.6 is 23.4 Å². The zero-order chi connectivity index (χ0) is 22.9.